The third kappa shape index (κ3) is 3.02. The van der Waals surface area contributed by atoms with Gasteiger partial charge in [-0.2, -0.15) is 0 Å². The van der Waals surface area contributed by atoms with Crippen molar-refractivity contribution >= 4 is 11.9 Å². The molecule has 0 atom stereocenters. The molecule has 1 aliphatic carbocycles. The van der Waals surface area contributed by atoms with E-state index < -0.39 is 0 Å². The van der Waals surface area contributed by atoms with Gasteiger partial charge in [-0.25, -0.2) is 0 Å². The molecule has 1 aromatic carbocycles. The Kier molecular flexibility index (Phi) is 4.09. The van der Waals surface area contributed by atoms with Crippen LogP contribution in [0, 0.1) is 12.8 Å². The van der Waals surface area contributed by atoms with E-state index in [-0.39, 0.29) is 0 Å². The summed E-state index contributed by atoms with van der Waals surface area (Å²) in [6.45, 7) is 2.13. The van der Waals surface area contributed by atoms with Crippen LogP contribution in [-0.2, 0) is 7.05 Å². The Morgan fingerprint density at radius 1 is 1.19 bits per heavy atom. The lowest BCUT2D eigenvalue weighted by atomic mass is 10.0. The molecule has 0 saturated heterocycles. The summed E-state index contributed by atoms with van der Waals surface area (Å²) in [5.41, 5.74) is 4.55. The number of rotatable bonds is 3. The minimum absolute atomic E-state index is 0.646. The third-order valence-corrected chi connectivity index (χ3v) is 4.26. The minimum atomic E-state index is 0.646. The van der Waals surface area contributed by atoms with Gasteiger partial charge in [0.25, 0.3) is 5.69 Å². The van der Waals surface area contributed by atoms with Crippen LogP contribution in [0.2, 0.25) is 0 Å². The van der Waals surface area contributed by atoms with Crippen LogP contribution < -0.4 is 4.68 Å². The van der Waals surface area contributed by atoms with Gasteiger partial charge >= 0.3 is 0 Å². The van der Waals surface area contributed by atoms with Crippen LogP contribution in [0.25, 0.3) is 11.3 Å². The van der Waals surface area contributed by atoms with Crippen molar-refractivity contribution in [2.75, 3.05) is 0 Å². The minimum Gasteiger partial charge on any atom is -0.254 e. The van der Waals surface area contributed by atoms with E-state index in [1.165, 1.54) is 36.8 Å². The molecule has 3 nitrogen and oxygen atoms in total. The van der Waals surface area contributed by atoms with Gasteiger partial charge in [-0.05, 0) is 48.5 Å². The molecule has 21 heavy (non-hydrogen) atoms. The van der Waals surface area contributed by atoms with E-state index in [0.717, 1.165) is 11.4 Å². The van der Waals surface area contributed by atoms with Crippen molar-refractivity contribution in [1.29, 1.82) is 0 Å². The lowest BCUT2D eigenvalue weighted by Gasteiger charge is -2.06. The highest BCUT2D eigenvalue weighted by atomic mass is 15.2. The Morgan fingerprint density at radius 3 is 2.71 bits per heavy atom. The Balaban J connectivity index is 2.01. The van der Waals surface area contributed by atoms with Crippen molar-refractivity contribution in [2.45, 2.75) is 32.6 Å². The Hall–Kier alpha value is -2.03. The Morgan fingerprint density at radius 2 is 1.95 bits per heavy atom. The van der Waals surface area contributed by atoms with Crippen LogP contribution in [0.1, 0.15) is 31.2 Å². The highest BCUT2D eigenvalue weighted by Crippen LogP contribution is 2.29. The van der Waals surface area contributed by atoms with Crippen LogP contribution in [-0.4, -0.2) is 11.3 Å². The molecule has 0 radical (unpaired) electrons. The molecule has 1 fully saturated rings. The summed E-state index contributed by atoms with van der Waals surface area (Å²) in [6.07, 6.45) is 9.20. The average Bonchev–Trinajstić information content (AvgIpc) is 3.00. The second kappa shape index (κ2) is 6.17. The maximum Gasteiger partial charge on any atom is 0.264 e. The van der Waals surface area contributed by atoms with Crippen molar-refractivity contribution in [1.82, 2.24) is 5.10 Å². The number of aryl methyl sites for hydroxylation is 2. The first-order valence-corrected chi connectivity index (χ1v) is 7.71. The van der Waals surface area contributed by atoms with Crippen molar-refractivity contribution in [3.05, 3.63) is 42.1 Å². The third-order valence-electron chi connectivity index (χ3n) is 4.26. The topological polar surface area (TPSA) is 29.1 Å². The van der Waals surface area contributed by atoms with E-state index >= 15 is 0 Å². The highest BCUT2D eigenvalue weighted by Gasteiger charge is 2.19. The SMILES string of the molecule is Cc1ccccc1-c1c(N=CC2CCCC2)ccn[n+]1C. The van der Waals surface area contributed by atoms with Gasteiger partial charge in [-0.3, -0.25) is 4.99 Å². The zero-order valence-electron chi connectivity index (χ0n) is 12.8. The second-order valence-electron chi connectivity index (χ2n) is 5.83. The summed E-state index contributed by atoms with van der Waals surface area (Å²) in [5.74, 6) is 0.646. The largest absolute Gasteiger partial charge is 0.264 e. The normalized spacial score (nSPS) is 15.9. The van der Waals surface area contributed by atoms with Gasteiger partial charge in [-0.15, -0.1) is 0 Å². The van der Waals surface area contributed by atoms with E-state index in [1.54, 1.807) is 0 Å². The lowest BCUT2D eigenvalue weighted by Crippen LogP contribution is -2.35. The van der Waals surface area contributed by atoms with Gasteiger partial charge in [0.15, 0.2) is 7.05 Å². The van der Waals surface area contributed by atoms with Gasteiger partial charge in [0.05, 0.1) is 11.8 Å². The molecule has 0 bridgehead atoms. The van der Waals surface area contributed by atoms with Crippen LogP contribution in [0.5, 0.6) is 0 Å². The maximum absolute atomic E-state index is 4.78. The molecule has 0 unspecified atom stereocenters. The summed E-state index contributed by atoms with van der Waals surface area (Å²) in [6, 6.07) is 10.4. The van der Waals surface area contributed by atoms with Crippen molar-refractivity contribution < 1.29 is 4.68 Å². The number of aliphatic imine (C=N–C) groups is 1. The molecule has 2 aromatic rings. The molecule has 108 valence electrons. The number of aromatic nitrogens is 2. The molecule has 1 aliphatic rings. The van der Waals surface area contributed by atoms with Crippen LogP contribution in [0.3, 0.4) is 0 Å². The van der Waals surface area contributed by atoms with Crippen molar-refractivity contribution in [3.8, 4) is 11.3 Å². The van der Waals surface area contributed by atoms with E-state index in [2.05, 4.69) is 42.5 Å². The monoisotopic (exact) mass is 280 g/mol. The van der Waals surface area contributed by atoms with E-state index in [9.17, 15) is 0 Å². The molecule has 1 aromatic heterocycles. The summed E-state index contributed by atoms with van der Waals surface area (Å²) >= 11 is 0. The van der Waals surface area contributed by atoms with Crippen LogP contribution in [0.15, 0.2) is 41.5 Å². The fourth-order valence-corrected chi connectivity index (χ4v) is 3.05. The van der Waals surface area contributed by atoms with Crippen molar-refractivity contribution in [3.63, 3.8) is 0 Å². The number of benzene rings is 1. The zero-order chi connectivity index (χ0) is 14.7. The van der Waals surface area contributed by atoms with Gasteiger partial charge in [-0.1, -0.05) is 35.7 Å². The number of hydrogen-bond acceptors (Lipinski definition) is 2. The molecule has 3 heteroatoms. The molecule has 1 heterocycles. The van der Waals surface area contributed by atoms with Gasteiger partial charge in [0.2, 0.25) is 0 Å². The predicted octanol–water partition coefficient (Wildman–Crippen LogP) is 3.77. The summed E-state index contributed by atoms with van der Waals surface area (Å²) in [4.78, 5) is 4.78. The second-order valence-corrected chi connectivity index (χ2v) is 5.83. The molecule has 1 saturated carbocycles. The molecule has 0 spiro atoms. The smallest absolute Gasteiger partial charge is 0.254 e. The fourth-order valence-electron chi connectivity index (χ4n) is 3.05. The first kappa shape index (κ1) is 13.9. The summed E-state index contributed by atoms with van der Waals surface area (Å²) < 4.78 is 1.92. The van der Waals surface area contributed by atoms with Gasteiger partial charge in [0, 0.05) is 6.21 Å². The first-order valence-electron chi connectivity index (χ1n) is 7.71. The zero-order valence-corrected chi connectivity index (χ0v) is 12.8. The van der Waals surface area contributed by atoms with Crippen LogP contribution >= 0.6 is 0 Å². The lowest BCUT2D eigenvalue weighted by molar-refractivity contribution is -0.719. The first-order chi connectivity index (χ1) is 10.3. The fraction of sp³-hybridized carbons (Fsp3) is 0.389. The standard InChI is InChI=1S/C18H22N3/c1-14-7-3-6-10-16(14)18-17(11-12-20-21(18)2)19-13-15-8-4-5-9-15/h3,6-7,10-13,15H,4-5,8-9H2,1-2H3/q+1. The predicted molar refractivity (Wildman–Crippen MR) is 85.7 cm³/mol. The number of nitrogens with zero attached hydrogens (tertiary/aromatic N) is 3. The molecule has 3 rings (SSSR count). The number of hydrogen-bond donors (Lipinski definition) is 0. The molecule has 0 aliphatic heterocycles. The Bertz CT molecular complexity index is 655. The van der Waals surface area contributed by atoms with Gasteiger partial charge in [0.1, 0.15) is 5.69 Å². The Labute approximate surface area is 126 Å². The van der Waals surface area contributed by atoms with Crippen LogP contribution in [0.4, 0.5) is 5.69 Å². The van der Waals surface area contributed by atoms with E-state index in [4.69, 9.17) is 4.99 Å². The molecular formula is C18H22N3+. The van der Waals surface area contributed by atoms with E-state index in [0.29, 0.717) is 5.92 Å². The highest BCUT2D eigenvalue weighted by molar-refractivity contribution is 5.76. The molecule has 0 N–H and O–H groups in total. The summed E-state index contributed by atoms with van der Waals surface area (Å²) in [5, 5.41) is 4.38. The van der Waals surface area contributed by atoms with E-state index in [1.807, 2.05) is 24.0 Å². The summed E-state index contributed by atoms with van der Waals surface area (Å²) in [7, 11) is 1.98. The average molecular weight is 280 g/mol. The molecule has 0 amide bonds. The van der Waals surface area contributed by atoms with Gasteiger partial charge < -0.3 is 0 Å². The molecular weight excluding hydrogens is 258 g/mol. The maximum atomic E-state index is 4.78. The quantitative estimate of drug-likeness (QED) is 0.621. The van der Waals surface area contributed by atoms with Crippen molar-refractivity contribution in [2.24, 2.45) is 18.0 Å².